The van der Waals surface area contributed by atoms with E-state index in [0.717, 1.165) is 0 Å². The van der Waals surface area contributed by atoms with Crippen LogP contribution in [0.4, 0.5) is 0 Å². The molecule has 1 N–H and O–H groups in total. The molecule has 5 heteroatoms. The Balaban J connectivity index is 2.64. The highest BCUT2D eigenvalue weighted by Gasteiger charge is 2.06. The molecule has 0 radical (unpaired) electrons. The fraction of sp³-hybridized carbons (Fsp3) is 0.231. The summed E-state index contributed by atoms with van der Waals surface area (Å²) in [4.78, 5) is 22.9. The van der Waals surface area contributed by atoms with Crippen LogP contribution in [-0.2, 0) is 9.53 Å². The van der Waals surface area contributed by atoms with Crippen LogP contribution in [0.5, 0.6) is 0 Å². The van der Waals surface area contributed by atoms with Gasteiger partial charge in [0.1, 0.15) is 0 Å². The SMILES string of the molecule is CCOC(=O)/C=C(\C)NC(=O)c1ccc(Cl)cc1. The molecular formula is C13H14ClNO3. The number of esters is 1. The highest BCUT2D eigenvalue weighted by atomic mass is 35.5. The van der Waals surface area contributed by atoms with Crippen molar-refractivity contribution in [3.8, 4) is 0 Å². The van der Waals surface area contributed by atoms with E-state index < -0.39 is 5.97 Å². The predicted octanol–water partition coefficient (Wildman–Crippen LogP) is 2.54. The number of nitrogens with one attached hydrogen (secondary N) is 1. The lowest BCUT2D eigenvalue weighted by Gasteiger charge is -2.05. The second-order valence-corrected chi connectivity index (χ2v) is 3.98. The number of halogens is 1. The number of hydrogen-bond donors (Lipinski definition) is 1. The van der Waals surface area contributed by atoms with E-state index in [1.54, 1.807) is 38.1 Å². The molecule has 0 saturated heterocycles. The number of allylic oxidation sites excluding steroid dienone is 1. The fourth-order valence-electron chi connectivity index (χ4n) is 1.25. The maximum absolute atomic E-state index is 11.8. The topological polar surface area (TPSA) is 55.4 Å². The van der Waals surface area contributed by atoms with Crippen molar-refractivity contribution in [3.05, 3.63) is 46.6 Å². The molecular weight excluding hydrogens is 254 g/mol. The summed E-state index contributed by atoms with van der Waals surface area (Å²) in [6, 6.07) is 6.46. The summed E-state index contributed by atoms with van der Waals surface area (Å²) in [6.45, 7) is 3.63. The number of carbonyl (C=O) groups is 2. The lowest BCUT2D eigenvalue weighted by Crippen LogP contribution is -2.22. The average Bonchev–Trinajstić information content (AvgIpc) is 2.29. The molecule has 1 rings (SSSR count). The largest absolute Gasteiger partial charge is 0.463 e. The van der Waals surface area contributed by atoms with Crippen molar-refractivity contribution in [2.24, 2.45) is 0 Å². The number of hydrogen-bond acceptors (Lipinski definition) is 3. The zero-order chi connectivity index (χ0) is 13.5. The quantitative estimate of drug-likeness (QED) is 0.674. The van der Waals surface area contributed by atoms with E-state index in [2.05, 4.69) is 5.32 Å². The van der Waals surface area contributed by atoms with E-state index in [9.17, 15) is 9.59 Å². The van der Waals surface area contributed by atoms with Crippen molar-refractivity contribution in [2.45, 2.75) is 13.8 Å². The van der Waals surface area contributed by atoms with Gasteiger partial charge in [-0.25, -0.2) is 4.79 Å². The third-order valence-electron chi connectivity index (χ3n) is 2.04. The molecule has 0 aromatic heterocycles. The Labute approximate surface area is 111 Å². The number of ether oxygens (including phenoxy) is 1. The van der Waals surface area contributed by atoms with E-state index >= 15 is 0 Å². The molecule has 0 unspecified atom stereocenters. The van der Waals surface area contributed by atoms with Gasteiger partial charge >= 0.3 is 5.97 Å². The van der Waals surface area contributed by atoms with Gasteiger partial charge in [0.15, 0.2) is 0 Å². The Hall–Kier alpha value is -1.81. The van der Waals surface area contributed by atoms with Crippen molar-refractivity contribution in [1.29, 1.82) is 0 Å². The zero-order valence-corrected chi connectivity index (χ0v) is 11.0. The molecule has 0 aliphatic carbocycles. The van der Waals surface area contributed by atoms with Gasteiger partial charge in [-0.2, -0.15) is 0 Å². The van der Waals surface area contributed by atoms with E-state index in [1.165, 1.54) is 6.08 Å². The number of benzene rings is 1. The molecule has 0 atom stereocenters. The van der Waals surface area contributed by atoms with Gasteiger partial charge in [0.2, 0.25) is 0 Å². The molecule has 1 amide bonds. The van der Waals surface area contributed by atoms with Crippen LogP contribution < -0.4 is 5.32 Å². The van der Waals surface area contributed by atoms with E-state index in [-0.39, 0.29) is 5.91 Å². The molecule has 0 fully saturated rings. The lowest BCUT2D eigenvalue weighted by atomic mass is 10.2. The molecule has 0 aliphatic rings. The maximum atomic E-state index is 11.8. The van der Waals surface area contributed by atoms with Gasteiger partial charge in [0.25, 0.3) is 5.91 Å². The third-order valence-corrected chi connectivity index (χ3v) is 2.29. The molecule has 0 heterocycles. The summed E-state index contributed by atoms with van der Waals surface area (Å²) < 4.78 is 4.73. The molecule has 1 aromatic carbocycles. The number of amides is 1. The fourth-order valence-corrected chi connectivity index (χ4v) is 1.38. The Morgan fingerprint density at radius 2 is 1.94 bits per heavy atom. The first-order chi connectivity index (χ1) is 8.52. The maximum Gasteiger partial charge on any atom is 0.332 e. The second kappa shape index (κ2) is 6.81. The summed E-state index contributed by atoms with van der Waals surface area (Å²) >= 11 is 5.72. The van der Waals surface area contributed by atoms with Crippen LogP contribution in [-0.4, -0.2) is 18.5 Å². The zero-order valence-electron chi connectivity index (χ0n) is 10.2. The van der Waals surface area contributed by atoms with Crippen molar-refractivity contribution in [3.63, 3.8) is 0 Å². The summed E-state index contributed by atoms with van der Waals surface area (Å²) in [7, 11) is 0. The van der Waals surface area contributed by atoms with Crippen LogP contribution in [0.15, 0.2) is 36.0 Å². The number of rotatable bonds is 4. The molecule has 4 nitrogen and oxygen atoms in total. The molecule has 0 bridgehead atoms. The Bertz CT molecular complexity index is 466. The molecule has 0 spiro atoms. The molecule has 18 heavy (non-hydrogen) atoms. The first-order valence-corrected chi connectivity index (χ1v) is 5.82. The van der Waals surface area contributed by atoms with Crippen LogP contribution in [0, 0.1) is 0 Å². The summed E-state index contributed by atoms with van der Waals surface area (Å²) in [6.07, 6.45) is 1.23. The van der Waals surface area contributed by atoms with Crippen molar-refractivity contribution < 1.29 is 14.3 Å². The van der Waals surface area contributed by atoms with Gasteiger partial charge in [-0.3, -0.25) is 4.79 Å². The normalized spacial score (nSPS) is 10.9. The van der Waals surface area contributed by atoms with E-state index in [1.807, 2.05) is 0 Å². The second-order valence-electron chi connectivity index (χ2n) is 3.54. The molecule has 1 aromatic rings. The van der Waals surface area contributed by atoms with Crippen molar-refractivity contribution in [1.82, 2.24) is 5.32 Å². The van der Waals surface area contributed by atoms with Crippen LogP contribution in [0.25, 0.3) is 0 Å². The van der Waals surface area contributed by atoms with Gasteiger partial charge in [0, 0.05) is 22.4 Å². The number of carbonyl (C=O) groups excluding carboxylic acids is 2. The first kappa shape index (κ1) is 14.3. The lowest BCUT2D eigenvalue weighted by molar-refractivity contribution is -0.137. The highest BCUT2D eigenvalue weighted by molar-refractivity contribution is 6.30. The molecule has 0 aliphatic heterocycles. The Morgan fingerprint density at radius 1 is 1.33 bits per heavy atom. The molecule has 0 saturated carbocycles. The average molecular weight is 268 g/mol. The van der Waals surface area contributed by atoms with Gasteiger partial charge in [-0.1, -0.05) is 11.6 Å². The summed E-state index contributed by atoms with van der Waals surface area (Å²) in [5.41, 5.74) is 0.893. The highest BCUT2D eigenvalue weighted by Crippen LogP contribution is 2.09. The van der Waals surface area contributed by atoms with E-state index in [0.29, 0.717) is 22.9 Å². The van der Waals surface area contributed by atoms with Crippen LogP contribution in [0.2, 0.25) is 5.02 Å². The van der Waals surface area contributed by atoms with E-state index in [4.69, 9.17) is 16.3 Å². The monoisotopic (exact) mass is 267 g/mol. The minimum Gasteiger partial charge on any atom is -0.463 e. The van der Waals surface area contributed by atoms with Gasteiger partial charge in [-0.15, -0.1) is 0 Å². The summed E-state index contributed by atoms with van der Waals surface area (Å²) in [5.74, 6) is -0.781. The van der Waals surface area contributed by atoms with Gasteiger partial charge in [0.05, 0.1) is 6.61 Å². The van der Waals surface area contributed by atoms with Crippen LogP contribution in [0.1, 0.15) is 24.2 Å². The third kappa shape index (κ3) is 4.59. The predicted molar refractivity (Wildman–Crippen MR) is 69.3 cm³/mol. The van der Waals surface area contributed by atoms with Crippen LogP contribution >= 0.6 is 11.6 Å². The first-order valence-electron chi connectivity index (χ1n) is 5.45. The minimum atomic E-state index is -0.480. The Morgan fingerprint density at radius 3 is 2.50 bits per heavy atom. The van der Waals surface area contributed by atoms with Crippen molar-refractivity contribution >= 4 is 23.5 Å². The van der Waals surface area contributed by atoms with Crippen LogP contribution in [0.3, 0.4) is 0 Å². The molecule has 96 valence electrons. The van der Waals surface area contributed by atoms with Gasteiger partial charge in [-0.05, 0) is 38.1 Å². The standard InChI is InChI=1S/C13H14ClNO3/c1-3-18-12(16)8-9(2)15-13(17)10-4-6-11(14)7-5-10/h4-8H,3H2,1-2H3,(H,15,17)/b9-8+. The summed E-state index contributed by atoms with van der Waals surface area (Å²) in [5, 5.41) is 3.14. The smallest absolute Gasteiger partial charge is 0.332 e. The Kier molecular flexibility index (Phi) is 5.39. The van der Waals surface area contributed by atoms with Gasteiger partial charge < -0.3 is 10.1 Å². The van der Waals surface area contributed by atoms with Crippen molar-refractivity contribution in [2.75, 3.05) is 6.61 Å². The minimum absolute atomic E-state index is 0.299.